The van der Waals surface area contributed by atoms with E-state index in [4.69, 9.17) is 0 Å². The Morgan fingerprint density at radius 2 is 1.63 bits per heavy atom. The van der Waals surface area contributed by atoms with Crippen molar-refractivity contribution in [2.75, 3.05) is 0 Å². The van der Waals surface area contributed by atoms with Crippen molar-refractivity contribution >= 4 is 42.3 Å². The zero-order valence-corrected chi connectivity index (χ0v) is 11.6. The Balaban J connectivity index is 2.22. The molecule has 0 unspecified atom stereocenters. The lowest BCUT2D eigenvalue weighted by molar-refractivity contribution is 1.16. The second kappa shape index (κ2) is 4.07. The van der Waals surface area contributed by atoms with E-state index in [2.05, 4.69) is 61.5 Å². The lowest BCUT2D eigenvalue weighted by Gasteiger charge is -1.99. The number of fused-ring (bicyclic) bond motifs is 4. The molecule has 19 heavy (non-hydrogen) atoms. The molecule has 0 saturated carbocycles. The molecule has 0 amide bonds. The third-order valence-corrected chi connectivity index (χ3v) is 5.07. The van der Waals surface area contributed by atoms with Crippen LogP contribution in [-0.2, 0) is 6.42 Å². The smallest absolute Gasteiger partial charge is 0.0387 e. The molecule has 0 aliphatic carbocycles. The van der Waals surface area contributed by atoms with Crippen molar-refractivity contribution in [1.82, 2.24) is 0 Å². The van der Waals surface area contributed by atoms with E-state index in [0.29, 0.717) is 0 Å². The maximum Gasteiger partial charge on any atom is 0.0387 e. The highest BCUT2D eigenvalue weighted by Gasteiger charge is 2.08. The number of hydrogen-bond donors (Lipinski definition) is 0. The Morgan fingerprint density at radius 1 is 0.842 bits per heavy atom. The lowest BCUT2D eigenvalue weighted by atomic mass is 10.0. The first-order valence-corrected chi connectivity index (χ1v) is 7.51. The first-order valence-electron chi connectivity index (χ1n) is 6.69. The van der Waals surface area contributed by atoms with Crippen LogP contribution in [0.15, 0.2) is 54.6 Å². The monoisotopic (exact) mass is 262 g/mol. The van der Waals surface area contributed by atoms with Gasteiger partial charge in [-0.1, -0.05) is 49.4 Å². The second-order valence-corrected chi connectivity index (χ2v) is 6.00. The summed E-state index contributed by atoms with van der Waals surface area (Å²) in [7, 11) is 0. The number of hydrogen-bond acceptors (Lipinski definition) is 1. The van der Waals surface area contributed by atoms with Gasteiger partial charge in [-0.05, 0) is 34.9 Å². The van der Waals surface area contributed by atoms with Crippen molar-refractivity contribution in [1.29, 1.82) is 0 Å². The molecule has 0 atom stereocenters. The quantitative estimate of drug-likeness (QED) is 0.408. The van der Waals surface area contributed by atoms with Gasteiger partial charge in [0.05, 0.1) is 0 Å². The van der Waals surface area contributed by atoms with Crippen molar-refractivity contribution in [2.45, 2.75) is 13.3 Å². The minimum Gasteiger partial charge on any atom is -0.135 e. The van der Waals surface area contributed by atoms with Crippen molar-refractivity contribution in [2.24, 2.45) is 0 Å². The van der Waals surface area contributed by atoms with Gasteiger partial charge in [-0.15, -0.1) is 11.3 Å². The Hall–Kier alpha value is -1.86. The number of rotatable bonds is 1. The molecule has 4 aromatic rings. The van der Waals surface area contributed by atoms with Gasteiger partial charge in [0.25, 0.3) is 0 Å². The molecule has 0 fully saturated rings. The molecule has 1 aromatic heterocycles. The van der Waals surface area contributed by atoms with E-state index in [1.165, 1.54) is 36.5 Å². The van der Waals surface area contributed by atoms with Crippen LogP contribution < -0.4 is 0 Å². The molecule has 0 saturated heterocycles. The maximum atomic E-state index is 2.34. The standard InChI is InChI=1S/C18H14S/c1-2-12-8-5-9-15-16-10-13-6-3-4-7-14(13)11-17(16)19-18(12)15/h3-11H,2H2,1H3. The molecule has 4 rings (SSSR count). The topological polar surface area (TPSA) is 0 Å². The molecule has 0 N–H and O–H groups in total. The van der Waals surface area contributed by atoms with Gasteiger partial charge in [-0.3, -0.25) is 0 Å². The average molecular weight is 262 g/mol. The van der Waals surface area contributed by atoms with Crippen molar-refractivity contribution in [3.63, 3.8) is 0 Å². The molecule has 0 aliphatic rings. The van der Waals surface area contributed by atoms with Crippen LogP contribution >= 0.6 is 11.3 Å². The van der Waals surface area contributed by atoms with Crippen LogP contribution in [0.3, 0.4) is 0 Å². The number of thiophene rings is 1. The molecule has 3 aromatic carbocycles. The largest absolute Gasteiger partial charge is 0.135 e. The summed E-state index contributed by atoms with van der Waals surface area (Å²) in [6.07, 6.45) is 1.10. The molecule has 0 bridgehead atoms. The van der Waals surface area contributed by atoms with Gasteiger partial charge < -0.3 is 0 Å². The van der Waals surface area contributed by atoms with E-state index in [1.807, 2.05) is 11.3 Å². The van der Waals surface area contributed by atoms with Crippen molar-refractivity contribution in [3.05, 3.63) is 60.2 Å². The van der Waals surface area contributed by atoms with Gasteiger partial charge in [0.15, 0.2) is 0 Å². The summed E-state index contributed by atoms with van der Waals surface area (Å²) in [6.45, 7) is 2.23. The first kappa shape index (κ1) is 11.0. The van der Waals surface area contributed by atoms with Crippen LogP contribution in [0.2, 0.25) is 0 Å². The van der Waals surface area contributed by atoms with Crippen LogP contribution in [0.4, 0.5) is 0 Å². The van der Waals surface area contributed by atoms with Crippen molar-refractivity contribution in [3.8, 4) is 0 Å². The van der Waals surface area contributed by atoms with Crippen LogP contribution in [0.5, 0.6) is 0 Å². The Bertz CT molecular complexity index is 899. The molecule has 1 heterocycles. The summed E-state index contributed by atoms with van der Waals surface area (Å²) in [5.41, 5.74) is 1.46. The third-order valence-electron chi connectivity index (χ3n) is 3.83. The highest BCUT2D eigenvalue weighted by Crippen LogP contribution is 2.38. The second-order valence-electron chi connectivity index (χ2n) is 4.94. The molecule has 0 radical (unpaired) electrons. The van der Waals surface area contributed by atoms with Gasteiger partial charge >= 0.3 is 0 Å². The third kappa shape index (κ3) is 1.58. The fraction of sp³-hybridized carbons (Fsp3) is 0.111. The molecule has 92 valence electrons. The Kier molecular flexibility index (Phi) is 2.36. The summed E-state index contributed by atoms with van der Waals surface area (Å²) >= 11 is 1.93. The molecule has 0 aliphatic heterocycles. The van der Waals surface area contributed by atoms with E-state index >= 15 is 0 Å². The Morgan fingerprint density at radius 3 is 2.42 bits per heavy atom. The highest BCUT2D eigenvalue weighted by atomic mass is 32.1. The van der Waals surface area contributed by atoms with E-state index in [1.54, 1.807) is 0 Å². The highest BCUT2D eigenvalue weighted by molar-refractivity contribution is 7.26. The van der Waals surface area contributed by atoms with E-state index in [0.717, 1.165) is 6.42 Å². The summed E-state index contributed by atoms with van der Waals surface area (Å²) in [4.78, 5) is 0. The number of benzene rings is 3. The molecular weight excluding hydrogens is 248 g/mol. The summed E-state index contributed by atoms with van der Waals surface area (Å²) in [5.74, 6) is 0. The molecule has 0 spiro atoms. The van der Waals surface area contributed by atoms with Gasteiger partial charge in [-0.25, -0.2) is 0 Å². The predicted octanol–water partition coefficient (Wildman–Crippen LogP) is 5.77. The number of aryl methyl sites for hydroxylation is 1. The van der Waals surface area contributed by atoms with E-state index in [9.17, 15) is 0 Å². The molecule has 1 heteroatoms. The van der Waals surface area contributed by atoms with Gasteiger partial charge in [0, 0.05) is 20.2 Å². The van der Waals surface area contributed by atoms with Gasteiger partial charge in [0.1, 0.15) is 0 Å². The zero-order valence-electron chi connectivity index (χ0n) is 10.8. The minimum absolute atomic E-state index is 1.10. The molecular formula is C18H14S. The van der Waals surface area contributed by atoms with Gasteiger partial charge in [-0.2, -0.15) is 0 Å². The van der Waals surface area contributed by atoms with E-state index in [-0.39, 0.29) is 0 Å². The maximum absolute atomic E-state index is 2.34. The summed E-state index contributed by atoms with van der Waals surface area (Å²) in [5, 5.41) is 5.47. The summed E-state index contributed by atoms with van der Waals surface area (Å²) in [6, 6.07) is 20.0. The normalized spacial score (nSPS) is 11.6. The summed E-state index contributed by atoms with van der Waals surface area (Å²) < 4.78 is 2.85. The van der Waals surface area contributed by atoms with Crippen LogP contribution in [0.1, 0.15) is 12.5 Å². The van der Waals surface area contributed by atoms with E-state index < -0.39 is 0 Å². The first-order chi connectivity index (χ1) is 9.36. The predicted molar refractivity (Wildman–Crippen MR) is 86.2 cm³/mol. The fourth-order valence-corrected chi connectivity index (χ4v) is 4.14. The van der Waals surface area contributed by atoms with Crippen LogP contribution in [0.25, 0.3) is 30.9 Å². The minimum atomic E-state index is 1.10. The van der Waals surface area contributed by atoms with Crippen LogP contribution in [0, 0.1) is 0 Å². The lowest BCUT2D eigenvalue weighted by Crippen LogP contribution is -1.78. The molecule has 0 nitrogen and oxygen atoms in total. The average Bonchev–Trinajstić information content (AvgIpc) is 2.82. The van der Waals surface area contributed by atoms with Crippen molar-refractivity contribution < 1.29 is 0 Å². The Labute approximate surface area is 116 Å². The fourth-order valence-electron chi connectivity index (χ4n) is 2.82. The van der Waals surface area contributed by atoms with Crippen LogP contribution in [-0.4, -0.2) is 0 Å². The zero-order chi connectivity index (χ0) is 12.8. The van der Waals surface area contributed by atoms with Gasteiger partial charge in [0.2, 0.25) is 0 Å². The SMILES string of the molecule is CCc1cccc2c1sc1cc3ccccc3cc12.